The van der Waals surface area contributed by atoms with E-state index in [0.29, 0.717) is 22.8 Å². The molecule has 0 atom stereocenters. The van der Waals surface area contributed by atoms with Crippen molar-refractivity contribution in [1.29, 1.82) is 0 Å². The molecule has 3 aromatic rings. The van der Waals surface area contributed by atoms with Crippen LogP contribution >= 0.6 is 0 Å². The molecule has 1 aliphatic heterocycles. The smallest absolute Gasteiger partial charge is 0.264 e. The summed E-state index contributed by atoms with van der Waals surface area (Å²) in [6.45, 7) is 0.0865. The van der Waals surface area contributed by atoms with Gasteiger partial charge in [-0.2, -0.15) is 5.10 Å². The van der Waals surface area contributed by atoms with E-state index < -0.39 is 0 Å². The zero-order valence-corrected chi connectivity index (χ0v) is 13.6. The van der Waals surface area contributed by atoms with Gasteiger partial charge < -0.3 is 19.9 Å². The molecular weight excluding hydrogens is 342 g/mol. The maximum absolute atomic E-state index is 12.5. The highest BCUT2D eigenvalue weighted by Crippen LogP contribution is 2.34. The molecule has 0 saturated carbocycles. The number of aromatic nitrogens is 4. The van der Waals surface area contributed by atoms with E-state index in [1.807, 2.05) is 0 Å². The van der Waals surface area contributed by atoms with Crippen LogP contribution in [0.1, 0.15) is 0 Å². The number of anilines is 1. The first kappa shape index (κ1) is 16.1. The number of amides is 1. The second-order valence-electron chi connectivity index (χ2n) is 5.62. The highest BCUT2D eigenvalue weighted by Gasteiger charge is 2.15. The molecule has 10 nitrogen and oxygen atoms in total. The zero-order chi connectivity index (χ0) is 18.1. The van der Waals surface area contributed by atoms with E-state index in [1.165, 1.54) is 21.8 Å². The lowest BCUT2D eigenvalue weighted by molar-refractivity contribution is -0.116. The monoisotopic (exact) mass is 357 g/mol. The summed E-state index contributed by atoms with van der Waals surface area (Å²) in [6, 6.07) is 5.05. The van der Waals surface area contributed by atoms with Crippen LogP contribution in [-0.2, 0) is 17.9 Å². The molecule has 0 fully saturated rings. The molecule has 3 heterocycles. The molecule has 134 valence electrons. The van der Waals surface area contributed by atoms with Crippen LogP contribution in [-0.4, -0.2) is 43.7 Å². The summed E-state index contributed by atoms with van der Waals surface area (Å²) < 4.78 is 13.1. The Labute approximate surface area is 146 Å². The number of nitrogens with zero attached hydrogens (tertiary/aromatic N) is 4. The van der Waals surface area contributed by atoms with Crippen molar-refractivity contribution in [1.82, 2.24) is 19.3 Å². The topological polar surface area (TPSA) is 120 Å². The lowest BCUT2D eigenvalue weighted by Gasteiger charge is -2.08. The van der Waals surface area contributed by atoms with Crippen LogP contribution in [0.2, 0.25) is 0 Å². The van der Waals surface area contributed by atoms with Crippen molar-refractivity contribution >= 4 is 22.6 Å². The summed E-state index contributed by atoms with van der Waals surface area (Å²) in [7, 11) is 0. The number of fused-ring (bicyclic) bond motifs is 2. The number of benzene rings is 1. The molecule has 0 spiro atoms. The van der Waals surface area contributed by atoms with Gasteiger partial charge in [-0.25, -0.2) is 9.67 Å². The summed E-state index contributed by atoms with van der Waals surface area (Å²) in [5.41, 5.74) is 0.536. The van der Waals surface area contributed by atoms with Gasteiger partial charge in [-0.3, -0.25) is 14.2 Å². The first-order valence-corrected chi connectivity index (χ1v) is 7.87. The highest BCUT2D eigenvalue weighted by atomic mass is 16.7. The van der Waals surface area contributed by atoms with Crippen molar-refractivity contribution in [2.45, 2.75) is 13.1 Å². The minimum Gasteiger partial charge on any atom is -0.454 e. The standard InChI is InChI=1S/C16H15N5O5/c22-4-3-21-15-11(6-18-21)16(24)20(8-17-15)7-14(23)19-10-1-2-12-13(5-10)26-9-25-12/h1-2,5-6,8,22H,3-4,7,9H2,(H,19,23). The Morgan fingerprint density at radius 1 is 1.31 bits per heavy atom. The van der Waals surface area contributed by atoms with Gasteiger partial charge in [0.1, 0.15) is 18.3 Å². The molecule has 4 rings (SSSR count). The van der Waals surface area contributed by atoms with Crippen molar-refractivity contribution < 1.29 is 19.4 Å². The molecule has 0 radical (unpaired) electrons. The number of carbonyl (C=O) groups is 1. The van der Waals surface area contributed by atoms with Gasteiger partial charge in [0.2, 0.25) is 12.7 Å². The third-order valence-corrected chi connectivity index (χ3v) is 3.90. The van der Waals surface area contributed by atoms with Gasteiger partial charge in [0.25, 0.3) is 5.56 Å². The first-order valence-electron chi connectivity index (χ1n) is 7.87. The molecule has 10 heteroatoms. The van der Waals surface area contributed by atoms with Crippen molar-refractivity contribution in [3.8, 4) is 11.5 Å². The minimum absolute atomic E-state index is 0.112. The van der Waals surface area contributed by atoms with Crippen molar-refractivity contribution in [3.63, 3.8) is 0 Å². The molecule has 1 aromatic carbocycles. The van der Waals surface area contributed by atoms with E-state index in [0.717, 1.165) is 0 Å². The Bertz CT molecular complexity index is 1040. The molecular formula is C16H15N5O5. The van der Waals surface area contributed by atoms with E-state index >= 15 is 0 Å². The van der Waals surface area contributed by atoms with E-state index in [-0.39, 0.29) is 43.3 Å². The van der Waals surface area contributed by atoms with Gasteiger partial charge in [0.05, 0.1) is 19.3 Å². The van der Waals surface area contributed by atoms with Crippen LogP contribution in [0.15, 0.2) is 35.5 Å². The van der Waals surface area contributed by atoms with E-state index in [1.54, 1.807) is 18.2 Å². The SMILES string of the molecule is O=C(Cn1cnc2c(cnn2CCO)c1=O)Nc1ccc2c(c1)OCO2. The lowest BCUT2D eigenvalue weighted by Crippen LogP contribution is -2.27. The molecule has 2 N–H and O–H groups in total. The third-order valence-electron chi connectivity index (χ3n) is 3.90. The predicted molar refractivity (Wildman–Crippen MR) is 90.1 cm³/mol. The molecule has 0 unspecified atom stereocenters. The maximum atomic E-state index is 12.5. The Morgan fingerprint density at radius 3 is 3.00 bits per heavy atom. The number of rotatable bonds is 5. The van der Waals surface area contributed by atoms with Crippen LogP contribution in [0.3, 0.4) is 0 Å². The van der Waals surface area contributed by atoms with Gasteiger partial charge in [-0.05, 0) is 12.1 Å². The summed E-state index contributed by atoms with van der Waals surface area (Å²) >= 11 is 0. The number of nitrogens with one attached hydrogen (secondary N) is 1. The Hall–Kier alpha value is -3.40. The highest BCUT2D eigenvalue weighted by molar-refractivity contribution is 5.91. The van der Waals surface area contributed by atoms with Crippen molar-refractivity contribution in [2.75, 3.05) is 18.7 Å². The summed E-state index contributed by atoms with van der Waals surface area (Å²) in [6.07, 6.45) is 2.67. The molecule has 0 bridgehead atoms. The second kappa shape index (κ2) is 6.48. The first-order chi connectivity index (χ1) is 12.7. The summed E-state index contributed by atoms with van der Waals surface area (Å²) in [5.74, 6) is 0.794. The third kappa shape index (κ3) is 2.86. The van der Waals surface area contributed by atoms with Crippen LogP contribution in [0.4, 0.5) is 5.69 Å². The normalized spacial score (nSPS) is 12.5. The summed E-state index contributed by atoms with van der Waals surface area (Å²) in [5, 5.41) is 16.0. The second-order valence-corrected chi connectivity index (χ2v) is 5.62. The van der Waals surface area contributed by atoms with Crippen LogP contribution in [0, 0.1) is 0 Å². The van der Waals surface area contributed by atoms with Crippen LogP contribution < -0.4 is 20.3 Å². The molecule has 26 heavy (non-hydrogen) atoms. The van der Waals surface area contributed by atoms with Gasteiger partial charge in [-0.1, -0.05) is 0 Å². The van der Waals surface area contributed by atoms with Gasteiger partial charge in [0.15, 0.2) is 17.1 Å². The fourth-order valence-electron chi connectivity index (χ4n) is 2.70. The summed E-state index contributed by atoms with van der Waals surface area (Å²) in [4.78, 5) is 28.9. The van der Waals surface area contributed by atoms with Crippen LogP contribution in [0.25, 0.3) is 11.0 Å². The Balaban J connectivity index is 1.52. The number of carbonyl (C=O) groups excluding carboxylic acids is 1. The molecule has 2 aromatic heterocycles. The Kier molecular flexibility index (Phi) is 4.01. The predicted octanol–water partition coefficient (Wildman–Crippen LogP) is -0.0473. The van der Waals surface area contributed by atoms with Gasteiger partial charge in [0, 0.05) is 11.8 Å². The van der Waals surface area contributed by atoms with E-state index in [2.05, 4.69) is 15.4 Å². The number of ether oxygens (including phenoxy) is 2. The fourth-order valence-corrected chi connectivity index (χ4v) is 2.70. The van der Waals surface area contributed by atoms with Gasteiger partial charge in [-0.15, -0.1) is 0 Å². The maximum Gasteiger partial charge on any atom is 0.264 e. The van der Waals surface area contributed by atoms with Crippen molar-refractivity contribution in [3.05, 3.63) is 41.1 Å². The fraction of sp³-hybridized carbons (Fsp3) is 0.250. The molecule has 1 aliphatic rings. The van der Waals surface area contributed by atoms with E-state index in [4.69, 9.17) is 14.6 Å². The van der Waals surface area contributed by atoms with Gasteiger partial charge >= 0.3 is 0 Å². The molecule has 0 saturated heterocycles. The van der Waals surface area contributed by atoms with E-state index in [9.17, 15) is 9.59 Å². The molecule has 1 amide bonds. The largest absolute Gasteiger partial charge is 0.454 e. The lowest BCUT2D eigenvalue weighted by atomic mass is 10.3. The average molecular weight is 357 g/mol. The quantitative estimate of drug-likeness (QED) is 0.657. The number of hydrogen-bond acceptors (Lipinski definition) is 7. The Morgan fingerprint density at radius 2 is 2.15 bits per heavy atom. The molecule has 0 aliphatic carbocycles. The average Bonchev–Trinajstić information content (AvgIpc) is 3.24. The number of aliphatic hydroxyl groups excluding tert-OH is 1. The number of hydrogen-bond donors (Lipinski definition) is 2. The number of aliphatic hydroxyl groups is 1. The van der Waals surface area contributed by atoms with Crippen molar-refractivity contribution in [2.24, 2.45) is 0 Å². The zero-order valence-electron chi connectivity index (χ0n) is 13.6. The van der Waals surface area contributed by atoms with Crippen LogP contribution in [0.5, 0.6) is 11.5 Å². The minimum atomic E-state index is -0.380.